The molecule has 0 saturated heterocycles. The highest BCUT2D eigenvalue weighted by Crippen LogP contribution is 2.33. The molecule has 1 unspecified atom stereocenters. The van der Waals surface area contributed by atoms with Crippen molar-refractivity contribution >= 4 is 34.2 Å². The molecule has 13 heteroatoms. The zero-order valence-corrected chi connectivity index (χ0v) is 25.8. The molecule has 0 aliphatic heterocycles. The molecule has 4 rings (SSSR count). The molecule has 2 heterocycles. The van der Waals surface area contributed by atoms with Crippen LogP contribution in [-0.4, -0.2) is 59.8 Å². The standard InChI is InChI=1S/C17H17N3.C13H13F5N2O3.C2H6/c1-12-8-9-14(16-13(12)6-4-10-18-16)17-15(20(2)3)7-5-11-19-17;1-2-9(13(16,17)18)20-6-3-7(14)11(8(15)4-6)12(23)19-5-10(21)22;1-2/h4-11H,1-3H3;3-4,9,20H,2,5H2,1H3,(H,19,23)(H,21,22);1-2H3. The number of aryl methyl sites for hydroxylation is 1. The van der Waals surface area contributed by atoms with E-state index in [9.17, 15) is 31.5 Å². The van der Waals surface area contributed by atoms with E-state index in [4.69, 9.17) is 5.11 Å². The summed E-state index contributed by atoms with van der Waals surface area (Å²) >= 11 is 0. The maximum Gasteiger partial charge on any atom is 0.408 e. The van der Waals surface area contributed by atoms with Crippen molar-refractivity contribution in [2.45, 2.75) is 46.3 Å². The Labute approximate surface area is 258 Å². The van der Waals surface area contributed by atoms with Gasteiger partial charge in [-0.15, -0.1) is 0 Å². The number of carbonyl (C=O) groups is 2. The van der Waals surface area contributed by atoms with Crippen molar-refractivity contribution in [2.24, 2.45) is 0 Å². The van der Waals surface area contributed by atoms with E-state index in [2.05, 4.69) is 46.1 Å². The van der Waals surface area contributed by atoms with Crippen LogP contribution in [0, 0.1) is 18.6 Å². The van der Waals surface area contributed by atoms with Crippen LogP contribution in [0.3, 0.4) is 0 Å². The second kappa shape index (κ2) is 16.3. The summed E-state index contributed by atoms with van der Waals surface area (Å²) in [6.45, 7) is 6.49. The number of carbonyl (C=O) groups excluding carboxylic acids is 1. The van der Waals surface area contributed by atoms with Gasteiger partial charge >= 0.3 is 12.1 Å². The average Bonchev–Trinajstić information content (AvgIpc) is 2.99. The molecule has 4 aromatic rings. The third-order valence-corrected chi connectivity index (χ3v) is 6.32. The number of carboxylic acids is 1. The van der Waals surface area contributed by atoms with Crippen LogP contribution in [0.2, 0.25) is 0 Å². The summed E-state index contributed by atoms with van der Waals surface area (Å²) in [5.41, 5.74) is 3.84. The molecule has 0 spiro atoms. The number of nitrogens with zero attached hydrogens (tertiary/aromatic N) is 3. The molecule has 45 heavy (non-hydrogen) atoms. The van der Waals surface area contributed by atoms with Crippen molar-refractivity contribution in [2.75, 3.05) is 30.9 Å². The van der Waals surface area contributed by atoms with E-state index in [-0.39, 0.29) is 6.42 Å². The van der Waals surface area contributed by atoms with Crippen LogP contribution < -0.4 is 15.5 Å². The lowest BCUT2D eigenvalue weighted by atomic mass is 10.0. The Hall–Kier alpha value is -4.81. The number of carboxylic acid groups (broad SMARTS) is 1. The number of amides is 1. The number of aliphatic carboxylic acids is 1. The SMILES string of the molecule is CC.CCC(Nc1cc(F)c(C(=O)NCC(=O)O)c(F)c1)C(F)(F)F.Cc1ccc(-c2ncccc2N(C)C)c2ncccc12. The maximum atomic E-state index is 13.8. The predicted molar refractivity (Wildman–Crippen MR) is 165 cm³/mol. The highest BCUT2D eigenvalue weighted by atomic mass is 19.4. The van der Waals surface area contributed by atoms with Crippen molar-refractivity contribution in [3.63, 3.8) is 0 Å². The van der Waals surface area contributed by atoms with Crippen molar-refractivity contribution in [3.05, 3.63) is 83.7 Å². The fraction of sp³-hybridized carbons (Fsp3) is 0.312. The summed E-state index contributed by atoms with van der Waals surface area (Å²) in [6, 6.07) is 11.4. The smallest absolute Gasteiger partial charge is 0.408 e. The Balaban J connectivity index is 0.000000299. The lowest BCUT2D eigenvalue weighted by Gasteiger charge is -2.21. The molecule has 2 aromatic carbocycles. The molecule has 1 amide bonds. The minimum absolute atomic E-state index is 0.367. The van der Waals surface area contributed by atoms with E-state index >= 15 is 0 Å². The van der Waals surface area contributed by atoms with Gasteiger partial charge in [-0.05, 0) is 49.2 Å². The molecular formula is C32H36F5N5O3. The first kappa shape index (κ1) is 36.4. The number of rotatable bonds is 8. The fourth-order valence-electron chi connectivity index (χ4n) is 4.21. The number of fused-ring (bicyclic) bond motifs is 1. The minimum Gasteiger partial charge on any atom is -0.480 e. The number of hydrogen-bond acceptors (Lipinski definition) is 6. The molecular weight excluding hydrogens is 597 g/mol. The van der Waals surface area contributed by atoms with E-state index < -0.39 is 53.5 Å². The van der Waals surface area contributed by atoms with Crippen LogP contribution in [0.5, 0.6) is 0 Å². The van der Waals surface area contributed by atoms with Crippen molar-refractivity contribution in [1.82, 2.24) is 15.3 Å². The summed E-state index contributed by atoms with van der Waals surface area (Å²) in [6.07, 6.45) is -1.31. The molecule has 0 aliphatic rings. The summed E-state index contributed by atoms with van der Waals surface area (Å²) in [5, 5.41) is 13.2. The molecule has 0 radical (unpaired) electrons. The molecule has 3 N–H and O–H groups in total. The van der Waals surface area contributed by atoms with Gasteiger partial charge in [-0.2, -0.15) is 13.2 Å². The number of anilines is 2. The molecule has 0 aliphatic carbocycles. The third kappa shape index (κ3) is 9.59. The fourth-order valence-corrected chi connectivity index (χ4v) is 4.21. The number of alkyl halides is 3. The van der Waals surface area contributed by atoms with Crippen molar-refractivity contribution in [3.8, 4) is 11.3 Å². The highest BCUT2D eigenvalue weighted by Gasteiger charge is 2.38. The number of halogens is 5. The lowest BCUT2D eigenvalue weighted by Crippen LogP contribution is -2.35. The van der Waals surface area contributed by atoms with E-state index in [1.807, 2.05) is 57.8 Å². The number of hydrogen-bond donors (Lipinski definition) is 3. The van der Waals surface area contributed by atoms with Crippen LogP contribution in [0.25, 0.3) is 22.2 Å². The molecule has 8 nitrogen and oxygen atoms in total. The Morgan fingerprint density at radius 3 is 2.13 bits per heavy atom. The van der Waals surface area contributed by atoms with Gasteiger partial charge in [-0.1, -0.05) is 39.0 Å². The van der Waals surface area contributed by atoms with Gasteiger partial charge < -0.3 is 20.6 Å². The number of pyridine rings is 2. The molecule has 0 fully saturated rings. The molecule has 2 aromatic heterocycles. The topological polar surface area (TPSA) is 107 Å². The van der Waals surface area contributed by atoms with Gasteiger partial charge in [0.05, 0.1) is 16.9 Å². The first-order valence-electron chi connectivity index (χ1n) is 14.0. The van der Waals surface area contributed by atoms with E-state index in [0.29, 0.717) is 12.1 Å². The molecule has 0 bridgehead atoms. The lowest BCUT2D eigenvalue weighted by molar-refractivity contribution is -0.143. The van der Waals surface area contributed by atoms with Crippen LogP contribution in [-0.2, 0) is 4.79 Å². The number of aromatic nitrogens is 2. The Bertz CT molecular complexity index is 1590. The van der Waals surface area contributed by atoms with Crippen molar-refractivity contribution < 1.29 is 36.6 Å². The summed E-state index contributed by atoms with van der Waals surface area (Å²) in [7, 11) is 4.06. The summed E-state index contributed by atoms with van der Waals surface area (Å²) in [5.74, 6) is -5.56. The van der Waals surface area contributed by atoms with Gasteiger partial charge in [0.25, 0.3) is 5.91 Å². The summed E-state index contributed by atoms with van der Waals surface area (Å²) < 4.78 is 65.4. The zero-order chi connectivity index (χ0) is 33.9. The Morgan fingerprint density at radius 1 is 0.978 bits per heavy atom. The van der Waals surface area contributed by atoms with Crippen LogP contribution in [0.4, 0.5) is 33.3 Å². The number of nitrogens with one attached hydrogen (secondary N) is 2. The first-order valence-corrected chi connectivity index (χ1v) is 14.0. The summed E-state index contributed by atoms with van der Waals surface area (Å²) in [4.78, 5) is 33.0. The van der Waals surface area contributed by atoms with Crippen LogP contribution in [0.15, 0.2) is 60.9 Å². The van der Waals surface area contributed by atoms with E-state index in [0.717, 1.165) is 22.5 Å². The normalized spacial score (nSPS) is 11.4. The van der Waals surface area contributed by atoms with Gasteiger partial charge in [0.1, 0.15) is 29.8 Å². The predicted octanol–water partition coefficient (Wildman–Crippen LogP) is 7.23. The highest BCUT2D eigenvalue weighted by molar-refractivity contribution is 5.97. The number of benzene rings is 2. The van der Waals surface area contributed by atoms with Crippen LogP contribution in [0.1, 0.15) is 43.1 Å². The first-order chi connectivity index (χ1) is 21.2. The monoisotopic (exact) mass is 633 g/mol. The van der Waals surface area contributed by atoms with E-state index in [1.54, 1.807) is 5.32 Å². The van der Waals surface area contributed by atoms with Gasteiger partial charge in [0, 0.05) is 43.1 Å². The Morgan fingerprint density at radius 2 is 1.58 bits per heavy atom. The van der Waals surface area contributed by atoms with Gasteiger partial charge in [-0.3, -0.25) is 19.6 Å². The Kier molecular flexibility index (Phi) is 13.2. The van der Waals surface area contributed by atoms with Gasteiger partial charge in [0.15, 0.2) is 0 Å². The second-order valence-electron chi connectivity index (χ2n) is 9.63. The van der Waals surface area contributed by atoms with Crippen molar-refractivity contribution in [1.29, 1.82) is 0 Å². The zero-order valence-electron chi connectivity index (χ0n) is 25.8. The largest absolute Gasteiger partial charge is 0.480 e. The van der Waals surface area contributed by atoms with E-state index in [1.165, 1.54) is 17.9 Å². The minimum atomic E-state index is -4.61. The molecule has 242 valence electrons. The molecule has 0 saturated carbocycles. The van der Waals surface area contributed by atoms with Gasteiger partial charge in [-0.25, -0.2) is 8.78 Å². The quantitative estimate of drug-likeness (QED) is 0.176. The molecule has 1 atom stereocenters. The third-order valence-electron chi connectivity index (χ3n) is 6.32. The van der Waals surface area contributed by atoms with Gasteiger partial charge in [0.2, 0.25) is 0 Å². The van der Waals surface area contributed by atoms with Crippen LogP contribution >= 0.6 is 0 Å². The second-order valence-corrected chi connectivity index (χ2v) is 9.63. The maximum absolute atomic E-state index is 13.8. The average molecular weight is 634 g/mol.